The predicted octanol–water partition coefficient (Wildman–Crippen LogP) is 11.1. The van der Waals surface area contributed by atoms with E-state index in [1.54, 1.807) is 38.1 Å². The highest BCUT2D eigenvalue weighted by Crippen LogP contribution is 2.31. The first-order valence-corrected chi connectivity index (χ1v) is 49.6. The molecular formula is C114H127F5N16O12. The van der Waals surface area contributed by atoms with Crippen molar-refractivity contribution in [3.05, 3.63) is 372 Å². The van der Waals surface area contributed by atoms with Crippen molar-refractivity contribution >= 4 is 0 Å². The third-order valence-electron chi connectivity index (χ3n) is 25.8. The van der Waals surface area contributed by atoms with Gasteiger partial charge in [0.2, 0.25) is 23.0 Å². The summed E-state index contributed by atoms with van der Waals surface area (Å²) >= 11 is 0. The summed E-state index contributed by atoms with van der Waals surface area (Å²) in [6.45, 7) is 18.3. The molecule has 4 fully saturated rings. The number of nitrogens with two attached hydrogens (primary N) is 1. The van der Waals surface area contributed by atoms with Crippen LogP contribution in [0.2, 0.25) is 0 Å². The molecule has 0 aliphatic carbocycles. The number of alkyl halides is 3. The smallest absolute Gasteiger partial charge is 0.293 e. The number of nitrogens with zero attached hydrogens (tertiary/aromatic N) is 8. The van der Waals surface area contributed by atoms with Crippen LogP contribution in [0.15, 0.2) is 226 Å². The fraction of sp³-hybridized carbons (Fsp3) is 0.368. The molecule has 0 spiro atoms. The lowest BCUT2D eigenvalue weighted by Crippen LogP contribution is -2.35. The Morgan fingerprint density at radius 3 is 1.11 bits per heavy atom. The monoisotopic (exact) mass is 2010 g/mol. The van der Waals surface area contributed by atoms with Gasteiger partial charge in [-0.2, -0.15) is 0 Å². The van der Waals surface area contributed by atoms with Crippen LogP contribution in [0.1, 0.15) is 175 Å². The molecule has 16 rings (SSSR count). The minimum atomic E-state index is -2.57. The fourth-order valence-corrected chi connectivity index (χ4v) is 17.4. The molecule has 0 amide bonds. The van der Waals surface area contributed by atoms with Crippen LogP contribution in [0.3, 0.4) is 0 Å². The van der Waals surface area contributed by atoms with E-state index < -0.39 is 88.7 Å². The second kappa shape index (κ2) is 57.1. The van der Waals surface area contributed by atoms with Crippen LogP contribution in [0.25, 0.3) is 0 Å². The number of benzene rings is 8. The topological polar surface area (TPSA) is 398 Å². The van der Waals surface area contributed by atoms with Crippen LogP contribution in [-0.4, -0.2) is 246 Å². The van der Waals surface area contributed by atoms with Crippen molar-refractivity contribution in [3.8, 4) is 70.4 Å². The first-order chi connectivity index (χ1) is 71.3. The van der Waals surface area contributed by atoms with Gasteiger partial charge in [0.15, 0.2) is 0 Å². The number of aliphatic hydroxyl groups is 2. The van der Waals surface area contributed by atoms with Crippen LogP contribution in [0.5, 0.6) is 23.0 Å². The molecule has 770 valence electrons. The van der Waals surface area contributed by atoms with Crippen molar-refractivity contribution in [2.45, 2.75) is 140 Å². The number of aromatic nitrogens is 8. The van der Waals surface area contributed by atoms with Gasteiger partial charge in [-0.25, -0.2) is 41.9 Å². The minimum absolute atomic E-state index is 0.00297. The summed E-state index contributed by atoms with van der Waals surface area (Å²) in [5.74, 6) is 20.6. The van der Waals surface area contributed by atoms with Gasteiger partial charge < -0.3 is 86.6 Å². The maximum atomic E-state index is 15.3. The highest BCUT2D eigenvalue weighted by atomic mass is 19.3. The fourth-order valence-electron chi connectivity index (χ4n) is 17.4. The van der Waals surface area contributed by atoms with E-state index in [9.17, 15) is 63.0 Å². The van der Waals surface area contributed by atoms with Gasteiger partial charge in [0.25, 0.3) is 28.7 Å². The Morgan fingerprint density at radius 2 is 0.755 bits per heavy atom. The van der Waals surface area contributed by atoms with E-state index in [0.29, 0.717) is 54.5 Å². The van der Waals surface area contributed by atoms with E-state index in [2.05, 4.69) is 171 Å². The first kappa shape index (κ1) is 110. The van der Waals surface area contributed by atoms with Gasteiger partial charge in [-0.3, -0.25) is 33.9 Å². The summed E-state index contributed by atoms with van der Waals surface area (Å²) in [5.41, 5.74) is 18.1. The number of aromatic hydroxyl groups is 4. The van der Waals surface area contributed by atoms with Crippen molar-refractivity contribution in [1.82, 2.24) is 75.4 Å². The predicted molar refractivity (Wildman–Crippen MR) is 555 cm³/mol. The lowest BCUT2D eigenvalue weighted by Gasteiger charge is -2.26. The Balaban J connectivity index is 0.000000164. The maximum absolute atomic E-state index is 15.3. The summed E-state index contributed by atoms with van der Waals surface area (Å²) in [4.78, 5) is 81.9. The molecule has 0 bridgehead atoms. The highest BCUT2D eigenvalue weighted by molar-refractivity contribution is 5.50. The summed E-state index contributed by atoms with van der Waals surface area (Å²) in [6.07, 6.45) is 8.58. The van der Waals surface area contributed by atoms with Gasteiger partial charge in [-0.15, -0.1) is 0 Å². The summed E-state index contributed by atoms with van der Waals surface area (Å²) in [6, 6.07) is 57.6. The van der Waals surface area contributed by atoms with E-state index in [1.807, 2.05) is 97.1 Å². The Bertz CT molecular complexity index is 6530. The molecule has 8 heterocycles. The molecule has 0 radical (unpaired) electrons. The lowest BCUT2D eigenvalue weighted by molar-refractivity contribution is 0.0341. The van der Waals surface area contributed by atoms with Gasteiger partial charge in [0, 0.05) is 198 Å². The summed E-state index contributed by atoms with van der Waals surface area (Å²) in [7, 11) is 0. The van der Waals surface area contributed by atoms with Crippen molar-refractivity contribution in [3.63, 3.8) is 0 Å². The molecule has 8 aromatic carbocycles. The maximum Gasteiger partial charge on any atom is 0.293 e. The largest absolute Gasteiger partial charge is 0.502 e. The average Bonchev–Trinajstić information content (AvgIpc) is 1.24. The molecule has 4 aromatic heterocycles. The van der Waals surface area contributed by atoms with Crippen LogP contribution >= 0.6 is 0 Å². The molecule has 12 aromatic rings. The van der Waals surface area contributed by atoms with Gasteiger partial charge >= 0.3 is 0 Å². The number of H-pyrrole nitrogens is 4. The van der Waals surface area contributed by atoms with Gasteiger partial charge in [0.1, 0.15) is 18.3 Å². The summed E-state index contributed by atoms with van der Waals surface area (Å²) < 4.78 is 79.5. The zero-order valence-electron chi connectivity index (χ0n) is 82.6. The van der Waals surface area contributed by atoms with Crippen molar-refractivity contribution in [2.24, 2.45) is 5.73 Å². The standard InChI is InChI=1S/C31H37FN4O2.C29H33FN4O4.C28H29F3N4O3.C26H28N4O3/c1-23(20-32)33-21-28(19-29-30(37)31(38)35-22-34-29)27-13-11-25(12-14-27)6-5-24-7-9-26(10-8-24)15-18-36-16-3-2-4-17-36;1-20(35)16-31-17-24(15-27-28(36)29(37)33-19-32-27)25-9-8-22(14-26(25)30)5-2-21-3-6-23(7-4-21)18-34-10-12-38-13-11-34;29-24-13-20(4-1-19-2-5-21(6-3-19)17-35-9-11-38-12-10-35)7-8-23(24)22(15-32-16-26(30)31)14-25-27(36)28(37)34-18-33-25;27-23-11-12-30(15-23)14-20-5-3-18(4-6-20)1-2-19-7-9-21(10-8-19)22(16-31)13-24-25(32)26(33)29-17-28-24/h7-14,22-23,28,33,37H,2-4,15-21H2,1H3,(H,34,35,38);3-4,6-9,14,19-20,24,31,35-36H,10-13,15-18H2,1H3,(H,32,33,37);2-3,5-8,13,18,22,26,32,36H,9-12,14-17H2,(H,33,34,37);3-10,17,22-23,31-32H,11-16,27H2,(H,28,29,33)/t23-,28?;20-,24-;22-;22?,23-/m0111/s1. The van der Waals surface area contributed by atoms with Gasteiger partial charge in [-0.1, -0.05) is 139 Å². The average molecular weight is 2010 g/mol. The first-order valence-electron chi connectivity index (χ1n) is 49.6. The zero-order chi connectivity index (χ0) is 104. The van der Waals surface area contributed by atoms with E-state index in [4.69, 9.17) is 15.2 Å². The number of halogens is 5. The number of hydrogen-bond donors (Lipinski definition) is 14. The zero-order valence-corrected chi connectivity index (χ0v) is 82.6. The Kier molecular flexibility index (Phi) is 42.8. The molecule has 7 atom stereocenters. The molecule has 33 heteroatoms. The number of ether oxygens (including phenoxy) is 2. The number of morpholine rings is 2. The second-order valence-electron chi connectivity index (χ2n) is 37.1. The number of aromatic amines is 4. The number of piperidine rings is 1. The molecule has 0 saturated carbocycles. The number of nitrogens with one attached hydrogen (secondary N) is 7. The number of rotatable bonds is 34. The van der Waals surface area contributed by atoms with Gasteiger partial charge in [-0.05, 0) is 194 Å². The van der Waals surface area contributed by atoms with Crippen LogP contribution < -0.4 is 43.9 Å². The molecule has 4 aliphatic heterocycles. The number of hydrogen-bond acceptors (Lipinski definition) is 24. The third-order valence-corrected chi connectivity index (χ3v) is 25.8. The quantitative estimate of drug-likeness (QED) is 0.0132. The number of aliphatic hydroxyl groups excluding tert-OH is 2. The Morgan fingerprint density at radius 1 is 0.415 bits per heavy atom. The Labute approximate surface area is 852 Å². The van der Waals surface area contributed by atoms with Crippen LogP contribution in [-0.2, 0) is 61.2 Å². The van der Waals surface area contributed by atoms with Crippen LogP contribution in [0.4, 0.5) is 22.0 Å². The van der Waals surface area contributed by atoms with E-state index in [0.717, 1.165) is 156 Å². The highest BCUT2D eigenvalue weighted by Gasteiger charge is 2.27. The third kappa shape index (κ3) is 35.4. The van der Waals surface area contributed by atoms with Crippen molar-refractivity contribution in [1.29, 1.82) is 0 Å². The van der Waals surface area contributed by atoms with Crippen molar-refractivity contribution in [2.75, 3.05) is 131 Å². The second-order valence-corrected chi connectivity index (χ2v) is 37.1. The van der Waals surface area contributed by atoms with E-state index in [1.165, 1.54) is 85.7 Å². The molecule has 4 aliphatic rings. The molecule has 2 unspecified atom stereocenters. The molecular weight excluding hydrogens is 1880 g/mol. The van der Waals surface area contributed by atoms with Gasteiger partial charge in [0.05, 0.1) is 93.8 Å². The minimum Gasteiger partial charge on any atom is -0.502 e. The number of likely N-dealkylation sites (tertiary alicyclic amines) is 2. The summed E-state index contributed by atoms with van der Waals surface area (Å²) in [5, 5.41) is 68.5. The van der Waals surface area contributed by atoms with Crippen LogP contribution in [0, 0.1) is 59.0 Å². The molecule has 4 saturated heterocycles. The molecule has 147 heavy (non-hydrogen) atoms. The van der Waals surface area contributed by atoms with Crippen molar-refractivity contribution < 1.29 is 62.1 Å². The lowest BCUT2D eigenvalue weighted by atomic mass is 9.92. The molecule has 15 N–H and O–H groups in total. The Hall–Kier alpha value is -14.1. The molecule has 28 nitrogen and oxygen atoms in total. The van der Waals surface area contributed by atoms with E-state index in [-0.39, 0.29) is 78.7 Å². The normalized spacial score (nSPS) is 15.6. The SMILES string of the molecule is C[C@@H](CF)NCC(Cc1nc[nH]c(=O)c1O)c1ccc(C#Cc2ccc(CCN3CCCCC3)cc2)cc1.C[C@@H](O)CNC[C@@H](Cc1nc[nH]c(=O)c1O)c1ccc(C#Cc2ccc(CN3CCOCC3)cc2)cc1F.N[C@@H]1CCN(Cc2ccc(C#Cc3ccc(C(CO)Cc4nc[nH]c(=O)c4O)cc3)cc2)C1.O=c1[nH]cnc(C[C@H](CNCC(F)F)c2ccc(C#Cc3ccc(CN4CCOCC4)cc3)cc2F)c1O. The van der Waals surface area contributed by atoms with E-state index >= 15 is 8.78 Å².